The lowest BCUT2D eigenvalue weighted by Gasteiger charge is -2.15. The van der Waals surface area contributed by atoms with Crippen molar-refractivity contribution in [2.75, 3.05) is 5.32 Å². The van der Waals surface area contributed by atoms with Crippen LogP contribution in [0.15, 0.2) is 18.2 Å². The van der Waals surface area contributed by atoms with Gasteiger partial charge in [-0.2, -0.15) is 0 Å². The number of carbonyl (C=O) groups excluding carboxylic acids is 2. The van der Waals surface area contributed by atoms with Crippen molar-refractivity contribution in [1.29, 1.82) is 0 Å². The maximum absolute atomic E-state index is 12.0. The van der Waals surface area contributed by atoms with Gasteiger partial charge in [-0.1, -0.05) is 20.8 Å². The number of rotatable bonds is 7. The topological polar surface area (TPSA) is 75.6 Å². The summed E-state index contributed by atoms with van der Waals surface area (Å²) in [4.78, 5) is 22.2. The van der Waals surface area contributed by atoms with Crippen molar-refractivity contribution in [1.82, 2.24) is 0 Å². The Bertz CT molecular complexity index is 471. The third kappa shape index (κ3) is 4.91. The zero-order valence-corrected chi connectivity index (χ0v) is 12.1. The van der Waals surface area contributed by atoms with Gasteiger partial charge in [-0.25, -0.2) is 0 Å². The highest BCUT2D eigenvalue weighted by Crippen LogP contribution is 2.23. The molecule has 0 fully saturated rings. The summed E-state index contributed by atoms with van der Waals surface area (Å²) in [6, 6.07) is 4.67. The molecule has 0 saturated heterocycles. The van der Waals surface area contributed by atoms with Gasteiger partial charge in [0.1, 0.15) is 12.4 Å². The molecule has 5 nitrogen and oxygen atoms in total. The predicted octanol–water partition coefficient (Wildman–Crippen LogP) is 2.69. The van der Waals surface area contributed by atoms with E-state index in [9.17, 15) is 14.7 Å². The Labute approximate surface area is 118 Å². The molecular formula is C15H21NO4. The first-order valence-electron chi connectivity index (χ1n) is 6.62. The maximum Gasteiger partial charge on any atom is 0.293 e. The number of benzene rings is 1. The van der Waals surface area contributed by atoms with Crippen LogP contribution in [0.4, 0.5) is 5.69 Å². The summed E-state index contributed by atoms with van der Waals surface area (Å²) in [6.45, 7) is 6.31. The SMILES string of the molecule is CC(C)CC(C)C(=O)Nc1ccc(O)c(COC=O)c1. The zero-order valence-electron chi connectivity index (χ0n) is 12.1. The van der Waals surface area contributed by atoms with E-state index in [2.05, 4.69) is 23.9 Å². The third-order valence-corrected chi connectivity index (χ3v) is 2.93. The molecule has 5 heteroatoms. The van der Waals surface area contributed by atoms with Crippen LogP contribution in [0.25, 0.3) is 0 Å². The summed E-state index contributed by atoms with van der Waals surface area (Å²) in [5.41, 5.74) is 1.03. The number of phenolic OH excluding ortho intramolecular Hbond substituents is 1. The molecule has 20 heavy (non-hydrogen) atoms. The molecule has 1 unspecified atom stereocenters. The molecule has 2 N–H and O–H groups in total. The molecule has 0 heterocycles. The molecule has 0 aliphatic heterocycles. The second kappa shape index (κ2) is 7.53. The fourth-order valence-electron chi connectivity index (χ4n) is 1.98. The van der Waals surface area contributed by atoms with Crippen molar-refractivity contribution in [2.45, 2.75) is 33.8 Å². The Kier molecular flexibility index (Phi) is 6.03. The number of ether oxygens (including phenoxy) is 1. The van der Waals surface area contributed by atoms with Gasteiger partial charge in [-0.15, -0.1) is 0 Å². The van der Waals surface area contributed by atoms with E-state index in [0.29, 0.717) is 23.6 Å². The first kappa shape index (κ1) is 16.0. The van der Waals surface area contributed by atoms with Crippen LogP contribution in [0.2, 0.25) is 0 Å². The summed E-state index contributed by atoms with van der Waals surface area (Å²) in [7, 11) is 0. The lowest BCUT2D eigenvalue weighted by Crippen LogP contribution is -2.21. The second-order valence-electron chi connectivity index (χ2n) is 5.27. The van der Waals surface area contributed by atoms with Crippen LogP contribution in [0, 0.1) is 11.8 Å². The molecule has 1 amide bonds. The molecule has 0 aliphatic carbocycles. The van der Waals surface area contributed by atoms with E-state index >= 15 is 0 Å². The Hall–Kier alpha value is -2.04. The quantitative estimate of drug-likeness (QED) is 0.594. The highest BCUT2D eigenvalue weighted by atomic mass is 16.5. The molecule has 1 rings (SSSR count). The smallest absolute Gasteiger partial charge is 0.293 e. The highest BCUT2D eigenvalue weighted by Gasteiger charge is 2.15. The molecular weight excluding hydrogens is 258 g/mol. The van der Waals surface area contributed by atoms with Crippen molar-refractivity contribution in [3.8, 4) is 5.75 Å². The predicted molar refractivity (Wildman–Crippen MR) is 76.2 cm³/mol. The summed E-state index contributed by atoms with van der Waals surface area (Å²) < 4.78 is 4.61. The van der Waals surface area contributed by atoms with Gasteiger partial charge < -0.3 is 15.2 Å². The van der Waals surface area contributed by atoms with E-state index in [-0.39, 0.29) is 24.2 Å². The average molecular weight is 279 g/mol. The summed E-state index contributed by atoms with van der Waals surface area (Å²) in [5.74, 6) is 0.331. The van der Waals surface area contributed by atoms with Gasteiger partial charge in [-0.05, 0) is 30.5 Å². The monoisotopic (exact) mass is 279 g/mol. The lowest BCUT2D eigenvalue weighted by molar-refractivity contribution is -0.129. The van der Waals surface area contributed by atoms with Gasteiger partial charge in [-0.3, -0.25) is 9.59 Å². The van der Waals surface area contributed by atoms with Crippen molar-refractivity contribution < 1.29 is 19.4 Å². The lowest BCUT2D eigenvalue weighted by atomic mass is 9.98. The van der Waals surface area contributed by atoms with Crippen molar-refractivity contribution >= 4 is 18.1 Å². The number of phenols is 1. The molecule has 0 spiro atoms. The minimum absolute atomic E-state index is 0.0272. The first-order chi connectivity index (χ1) is 9.43. The average Bonchev–Trinajstić information content (AvgIpc) is 2.38. The molecule has 0 bridgehead atoms. The minimum atomic E-state index is -0.0847. The van der Waals surface area contributed by atoms with Crippen LogP contribution in [-0.4, -0.2) is 17.5 Å². The van der Waals surface area contributed by atoms with Crippen LogP contribution in [0.5, 0.6) is 5.75 Å². The number of amides is 1. The van der Waals surface area contributed by atoms with Gasteiger partial charge in [0.2, 0.25) is 5.91 Å². The number of aromatic hydroxyl groups is 1. The largest absolute Gasteiger partial charge is 0.508 e. The van der Waals surface area contributed by atoms with Gasteiger partial charge >= 0.3 is 0 Å². The highest BCUT2D eigenvalue weighted by molar-refractivity contribution is 5.92. The van der Waals surface area contributed by atoms with Crippen LogP contribution in [0.3, 0.4) is 0 Å². The Morgan fingerprint density at radius 2 is 2.10 bits per heavy atom. The summed E-state index contributed by atoms with van der Waals surface area (Å²) in [6.07, 6.45) is 0.811. The molecule has 0 aliphatic rings. The van der Waals surface area contributed by atoms with E-state index in [1.807, 2.05) is 6.92 Å². The minimum Gasteiger partial charge on any atom is -0.508 e. The number of hydrogen-bond donors (Lipinski definition) is 2. The standard InChI is InChI=1S/C15H21NO4/c1-10(2)6-11(3)15(19)16-13-4-5-14(18)12(7-13)8-20-9-17/h4-5,7,9-11,18H,6,8H2,1-3H3,(H,16,19). The number of nitrogens with one attached hydrogen (secondary N) is 1. The Morgan fingerprint density at radius 3 is 2.70 bits per heavy atom. The maximum atomic E-state index is 12.0. The number of hydrogen-bond acceptors (Lipinski definition) is 4. The van der Waals surface area contributed by atoms with Crippen LogP contribution < -0.4 is 5.32 Å². The van der Waals surface area contributed by atoms with Crippen LogP contribution in [0.1, 0.15) is 32.8 Å². The first-order valence-corrected chi connectivity index (χ1v) is 6.62. The van der Waals surface area contributed by atoms with Crippen molar-refractivity contribution in [2.24, 2.45) is 11.8 Å². The summed E-state index contributed by atoms with van der Waals surface area (Å²) >= 11 is 0. The molecule has 0 radical (unpaired) electrons. The molecule has 0 aromatic heterocycles. The molecule has 1 aromatic carbocycles. The number of anilines is 1. The molecule has 1 atom stereocenters. The molecule has 0 saturated carbocycles. The van der Waals surface area contributed by atoms with E-state index in [4.69, 9.17) is 0 Å². The van der Waals surface area contributed by atoms with E-state index in [1.165, 1.54) is 6.07 Å². The van der Waals surface area contributed by atoms with E-state index in [0.717, 1.165) is 6.42 Å². The van der Waals surface area contributed by atoms with E-state index in [1.54, 1.807) is 12.1 Å². The molecule has 1 aromatic rings. The van der Waals surface area contributed by atoms with Crippen LogP contribution >= 0.6 is 0 Å². The van der Waals surface area contributed by atoms with Gasteiger partial charge in [0.05, 0.1) is 0 Å². The van der Waals surface area contributed by atoms with Gasteiger partial charge in [0.15, 0.2) is 0 Å². The Balaban J connectivity index is 2.72. The number of carbonyl (C=O) groups is 2. The van der Waals surface area contributed by atoms with Crippen molar-refractivity contribution in [3.05, 3.63) is 23.8 Å². The Morgan fingerprint density at radius 1 is 1.40 bits per heavy atom. The third-order valence-electron chi connectivity index (χ3n) is 2.93. The van der Waals surface area contributed by atoms with Crippen molar-refractivity contribution in [3.63, 3.8) is 0 Å². The van der Waals surface area contributed by atoms with Gasteiger partial charge in [0, 0.05) is 17.2 Å². The second-order valence-corrected chi connectivity index (χ2v) is 5.27. The van der Waals surface area contributed by atoms with Crippen LogP contribution in [-0.2, 0) is 20.9 Å². The fourth-order valence-corrected chi connectivity index (χ4v) is 1.98. The van der Waals surface area contributed by atoms with E-state index < -0.39 is 0 Å². The normalized spacial score (nSPS) is 12.0. The van der Waals surface area contributed by atoms with Gasteiger partial charge in [0.25, 0.3) is 6.47 Å². The zero-order chi connectivity index (χ0) is 15.1. The summed E-state index contributed by atoms with van der Waals surface area (Å²) in [5, 5.41) is 12.4. The fraction of sp³-hybridized carbons (Fsp3) is 0.467. The molecule has 110 valence electrons.